The van der Waals surface area contributed by atoms with Crippen LogP contribution in [-0.4, -0.2) is 41.9 Å². The molecule has 6 heteroatoms. The Morgan fingerprint density at radius 1 is 1.35 bits per heavy atom. The molecule has 0 aliphatic carbocycles. The number of rotatable bonds is 7. The van der Waals surface area contributed by atoms with Gasteiger partial charge in [-0.2, -0.15) is 0 Å². The first-order valence-corrected chi connectivity index (χ1v) is 6.69. The summed E-state index contributed by atoms with van der Waals surface area (Å²) in [6, 6.07) is 5.33. The SMILES string of the molecule is CCOC(CNC(=O)c1ccc2nc[nH]c2c1)OCC. The molecule has 1 aromatic heterocycles. The van der Waals surface area contributed by atoms with Gasteiger partial charge in [-0.1, -0.05) is 0 Å². The van der Waals surface area contributed by atoms with E-state index in [1.807, 2.05) is 19.9 Å². The molecule has 0 saturated carbocycles. The summed E-state index contributed by atoms with van der Waals surface area (Å²) in [5.74, 6) is -0.161. The molecule has 2 rings (SSSR count). The fourth-order valence-corrected chi connectivity index (χ4v) is 1.89. The van der Waals surface area contributed by atoms with Crippen molar-refractivity contribution in [3.63, 3.8) is 0 Å². The number of nitrogens with one attached hydrogen (secondary N) is 2. The fraction of sp³-hybridized carbons (Fsp3) is 0.429. The van der Waals surface area contributed by atoms with Crippen molar-refractivity contribution in [3.8, 4) is 0 Å². The third kappa shape index (κ3) is 3.55. The second-order valence-electron chi connectivity index (χ2n) is 4.18. The van der Waals surface area contributed by atoms with Crippen LogP contribution in [-0.2, 0) is 9.47 Å². The van der Waals surface area contributed by atoms with Crippen molar-refractivity contribution in [1.82, 2.24) is 15.3 Å². The molecule has 2 N–H and O–H groups in total. The molecule has 0 aliphatic heterocycles. The van der Waals surface area contributed by atoms with Gasteiger partial charge in [-0.05, 0) is 32.0 Å². The minimum atomic E-state index is -0.412. The highest BCUT2D eigenvalue weighted by Gasteiger charge is 2.12. The standard InChI is InChI=1S/C14H19N3O3/c1-3-19-13(20-4-2)8-15-14(18)10-5-6-11-12(7-10)17-9-16-11/h5-7,9,13H,3-4,8H2,1-2H3,(H,15,18)(H,16,17). The van der Waals surface area contributed by atoms with Crippen molar-refractivity contribution >= 4 is 16.9 Å². The molecule has 0 unspecified atom stereocenters. The van der Waals surface area contributed by atoms with Crippen LogP contribution in [0.4, 0.5) is 0 Å². The van der Waals surface area contributed by atoms with Gasteiger partial charge in [0.25, 0.3) is 5.91 Å². The molecule has 20 heavy (non-hydrogen) atoms. The molecule has 0 radical (unpaired) electrons. The van der Waals surface area contributed by atoms with Gasteiger partial charge >= 0.3 is 0 Å². The number of hydrogen-bond acceptors (Lipinski definition) is 4. The predicted octanol–water partition coefficient (Wildman–Crippen LogP) is 1.69. The lowest BCUT2D eigenvalue weighted by Crippen LogP contribution is -2.35. The lowest BCUT2D eigenvalue weighted by molar-refractivity contribution is -0.131. The van der Waals surface area contributed by atoms with E-state index in [2.05, 4.69) is 15.3 Å². The van der Waals surface area contributed by atoms with Crippen LogP contribution in [0.5, 0.6) is 0 Å². The molecular formula is C14H19N3O3. The average Bonchev–Trinajstić information content (AvgIpc) is 2.92. The zero-order chi connectivity index (χ0) is 14.4. The quantitative estimate of drug-likeness (QED) is 0.755. The van der Waals surface area contributed by atoms with E-state index in [1.54, 1.807) is 18.5 Å². The number of ether oxygens (including phenoxy) is 2. The lowest BCUT2D eigenvalue weighted by atomic mass is 10.2. The lowest BCUT2D eigenvalue weighted by Gasteiger charge is -2.17. The van der Waals surface area contributed by atoms with E-state index >= 15 is 0 Å². The molecular weight excluding hydrogens is 258 g/mol. The number of carbonyl (C=O) groups is 1. The third-order valence-corrected chi connectivity index (χ3v) is 2.82. The maximum Gasteiger partial charge on any atom is 0.251 e. The van der Waals surface area contributed by atoms with Crippen molar-refractivity contribution in [1.29, 1.82) is 0 Å². The summed E-state index contributed by atoms with van der Waals surface area (Å²) in [5, 5.41) is 2.80. The zero-order valence-electron chi connectivity index (χ0n) is 11.7. The second kappa shape index (κ2) is 7.02. The second-order valence-corrected chi connectivity index (χ2v) is 4.18. The Hall–Kier alpha value is -1.92. The highest BCUT2D eigenvalue weighted by molar-refractivity contribution is 5.97. The number of aromatic nitrogens is 2. The van der Waals surface area contributed by atoms with Crippen molar-refractivity contribution in [2.75, 3.05) is 19.8 Å². The summed E-state index contributed by atoms with van der Waals surface area (Å²) < 4.78 is 10.7. The number of H-pyrrole nitrogens is 1. The minimum Gasteiger partial charge on any atom is -0.351 e. The Kier molecular flexibility index (Phi) is 5.09. The molecule has 0 atom stereocenters. The van der Waals surface area contributed by atoms with Crippen LogP contribution in [0.15, 0.2) is 24.5 Å². The normalized spacial score (nSPS) is 11.2. The van der Waals surface area contributed by atoms with E-state index < -0.39 is 6.29 Å². The first-order valence-electron chi connectivity index (χ1n) is 6.69. The maximum absolute atomic E-state index is 12.1. The van der Waals surface area contributed by atoms with Crippen LogP contribution >= 0.6 is 0 Å². The average molecular weight is 277 g/mol. The smallest absolute Gasteiger partial charge is 0.251 e. The molecule has 0 aliphatic rings. The Balaban J connectivity index is 1.96. The Bertz CT molecular complexity index is 562. The van der Waals surface area contributed by atoms with Crippen molar-refractivity contribution in [2.24, 2.45) is 0 Å². The largest absolute Gasteiger partial charge is 0.351 e. The van der Waals surface area contributed by atoms with Crippen LogP contribution < -0.4 is 5.32 Å². The summed E-state index contributed by atoms with van der Waals surface area (Å²) >= 11 is 0. The number of imidazole rings is 1. The summed E-state index contributed by atoms with van der Waals surface area (Å²) in [6.45, 7) is 5.18. The van der Waals surface area contributed by atoms with Gasteiger partial charge in [-0.25, -0.2) is 4.98 Å². The highest BCUT2D eigenvalue weighted by Crippen LogP contribution is 2.11. The molecule has 0 spiro atoms. The monoisotopic (exact) mass is 277 g/mol. The third-order valence-electron chi connectivity index (χ3n) is 2.82. The predicted molar refractivity (Wildman–Crippen MR) is 75.5 cm³/mol. The Morgan fingerprint density at radius 3 is 2.80 bits per heavy atom. The van der Waals surface area contributed by atoms with E-state index in [4.69, 9.17) is 9.47 Å². The molecule has 0 saturated heterocycles. The van der Waals surface area contributed by atoms with E-state index in [0.29, 0.717) is 25.3 Å². The molecule has 1 aromatic carbocycles. The topological polar surface area (TPSA) is 76.2 Å². The van der Waals surface area contributed by atoms with Gasteiger partial charge in [0.2, 0.25) is 0 Å². The molecule has 6 nitrogen and oxygen atoms in total. The Labute approximate surface area is 117 Å². The van der Waals surface area contributed by atoms with Gasteiger partial charge in [0.1, 0.15) is 0 Å². The first-order chi connectivity index (χ1) is 9.74. The van der Waals surface area contributed by atoms with Gasteiger partial charge in [0, 0.05) is 18.8 Å². The van der Waals surface area contributed by atoms with Crippen LogP contribution in [0.2, 0.25) is 0 Å². The van der Waals surface area contributed by atoms with Gasteiger partial charge in [0.15, 0.2) is 6.29 Å². The van der Waals surface area contributed by atoms with Crippen molar-refractivity contribution < 1.29 is 14.3 Å². The molecule has 1 heterocycles. The van der Waals surface area contributed by atoms with Crippen LogP contribution in [0.3, 0.4) is 0 Å². The Morgan fingerprint density at radius 2 is 2.10 bits per heavy atom. The fourth-order valence-electron chi connectivity index (χ4n) is 1.89. The van der Waals surface area contributed by atoms with E-state index in [1.165, 1.54) is 0 Å². The van der Waals surface area contributed by atoms with Gasteiger partial charge < -0.3 is 19.8 Å². The minimum absolute atomic E-state index is 0.161. The van der Waals surface area contributed by atoms with Crippen LogP contribution in [0.25, 0.3) is 11.0 Å². The summed E-state index contributed by atoms with van der Waals surface area (Å²) in [7, 11) is 0. The number of carbonyl (C=O) groups excluding carboxylic acids is 1. The van der Waals surface area contributed by atoms with Gasteiger partial charge in [-0.3, -0.25) is 4.79 Å². The van der Waals surface area contributed by atoms with Crippen molar-refractivity contribution in [2.45, 2.75) is 20.1 Å². The van der Waals surface area contributed by atoms with E-state index in [0.717, 1.165) is 11.0 Å². The number of fused-ring (bicyclic) bond motifs is 1. The summed E-state index contributed by atoms with van der Waals surface area (Å²) in [5.41, 5.74) is 2.25. The molecule has 0 fully saturated rings. The van der Waals surface area contributed by atoms with Crippen LogP contribution in [0.1, 0.15) is 24.2 Å². The summed E-state index contributed by atoms with van der Waals surface area (Å²) in [6.07, 6.45) is 1.19. The molecule has 1 amide bonds. The van der Waals surface area contributed by atoms with Crippen LogP contribution in [0, 0.1) is 0 Å². The number of amides is 1. The molecule has 2 aromatic rings. The summed E-state index contributed by atoms with van der Waals surface area (Å²) in [4.78, 5) is 19.2. The molecule has 0 bridgehead atoms. The maximum atomic E-state index is 12.1. The van der Waals surface area contributed by atoms with E-state index in [-0.39, 0.29) is 5.91 Å². The number of hydrogen-bond donors (Lipinski definition) is 2. The number of benzene rings is 1. The van der Waals surface area contributed by atoms with Crippen molar-refractivity contribution in [3.05, 3.63) is 30.1 Å². The zero-order valence-corrected chi connectivity index (χ0v) is 11.7. The van der Waals surface area contributed by atoms with E-state index in [9.17, 15) is 4.79 Å². The number of nitrogens with zero attached hydrogens (tertiary/aromatic N) is 1. The first kappa shape index (κ1) is 14.5. The molecule has 108 valence electrons. The highest BCUT2D eigenvalue weighted by atomic mass is 16.7. The van der Waals surface area contributed by atoms with Gasteiger partial charge in [-0.15, -0.1) is 0 Å². The number of aromatic amines is 1. The van der Waals surface area contributed by atoms with Gasteiger partial charge in [0.05, 0.1) is 23.9 Å².